The number of nitrogens with one attached hydrogen (secondary N) is 1. The van der Waals surface area contributed by atoms with Gasteiger partial charge in [0.2, 0.25) is 5.91 Å². The minimum absolute atomic E-state index is 0. The summed E-state index contributed by atoms with van der Waals surface area (Å²) < 4.78 is 0. The van der Waals surface area contributed by atoms with Crippen LogP contribution in [0.4, 0.5) is 0 Å². The second-order valence-corrected chi connectivity index (χ2v) is 8.92. The standard InChI is InChI=1S/C23H37N3O2.2ClH/c24-18-23(11-5-2-6-12-23)15-22(28)25-16-19-9-13-26(14-10-19)17-21(27)20-7-3-1-4-8-20;;/h1,3-4,7-8,19,21,27H,2,5-6,9-18,24H2,(H,25,28);2*1H. The van der Waals surface area contributed by atoms with Crippen molar-refractivity contribution in [3.05, 3.63) is 35.9 Å². The summed E-state index contributed by atoms with van der Waals surface area (Å²) in [5, 5.41) is 13.6. The lowest BCUT2D eigenvalue weighted by Gasteiger charge is -2.36. The Morgan fingerprint density at radius 1 is 1.13 bits per heavy atom. The number of carbonyl (C=O) groups is 1. The van der Waals surface area contributed by atoms with E-state index in [1.54, 1.807) is 0 Å². The van der Waals surface area contributed by atoms with E-state index < -0.39 is 6.10 Å². The molecule has 2 fully saturated rings. The fourth-order valence-electron chi connectivity index (χ4n) is 4.81. The quantitative estimate of drug-likeness (QED) is 0.553. The van der Waals surface area contributed by atoms with Gasteiger partial charge >= 0.3 is 0 Å². The molecule has 1 amide bonds. The maximum atomic E-state index is 12.5. The fourth-order valence-corrected chi connectivity index (χ4v) is 4.81. The van der Waals surface area contributed by atoms with Gasteiger partial charge in [-0.15, -0.1) is 24.8 Å². The summed E-state index contributed by atoms with van der Waals surface area (Å²) in [6.07, 6.45) is 8.19. The van der Waals surface area contributed by atoms with Crippen LogP contribution in [0.1, 0.15) is 63.0 Å². The molecule has 172 valence electrons. The number of aliphatic hydroxyl groups excluding tert-OH is 1. The third-order valence-electron chi connectivity index (χ3n) is 6.79. The Morgan fingerprint density at radius 3 is 2.37 bits per heavy atom. The predicted molar refractivity (Wildman–Crippen MR) is 127 cm³/mol. The number of halogens is 2. The zero-order valence-electron chi connectivity index (χ0n) is 17.9. The Kier molecular flexibility index (Phi) is 12.3. The molecule has 0 radical (unpaired) electrons. The van der Waals surface area contributed by atoms with Crippen molar-refractivity contribution in [3.63, 3.8) is 0 Å². The van der Waals surface area contributed by atoms with Crippen LogP contribution in [-0.2, 0) is 4.79 Å². The molecule has 1 saturated heterocycles. The molecule has 7 heteroatoms. The molecule has 1 aromatic carbocycles. The van der Waals surface area contributed by atoms with Gasteiger partial charge in [0.25, 0.3) is 0 Å². The van der Waals surface area contributed by atoms with Gasteiger partial charge in [0.05, 0.1) is 6.10 Å². The molecule has 1 saturated carbocycles. The molecule has 30 heavy (non-hydrogen) atoms. The number of likely N-dealkylation sites (tertiary alicyclic amines) is 1. The number of rotatable bonds is 8. The Balaban J connectivity index is 0.00000225. The molecule has 0 aromatic heterocycles. The van der Waals surface area contributed by atoms with Crippen molar-refractivity contribution < 1.29 is 9.90 Å². The van der Waals surface area contributed by atoms with Crippen LogP contribution in [0.25, 0.3) is 0 Å². The van der Waals surface area contributed by atoms with Crippen LogP contribution in [0.5, 0.6) is 0 Å². The fraction of sp³-hybridized carbons (Fsp3) is 0.696. The third-order valence-corrected chi connectivity index (χ3v) is 6.79. The normalized spacial score (nSPS) is 20.5. The van der Waals surface area contributed by atoms with Crippen molar-refractivity contribution in [2.24, 2.45) is 17.1 Å². The average molecular weight is 460 g/mol. The highest BCUT2D eigenvalue weighted by Gasteiger charge is 2.33. The zero-order valence-corrected chi connectivity index (χ0v) is 19.6. The van der Waals surface area contributed by atoms with E-state index >= 15 is 0 Å². The first-order chi connectivity index (χ1) is 13.6. The molecular weight excluding hydrogens is 421 g/mol. The molecule has 1 aliphatic carbocycles. The molecular formula is C23H39Cl2N3O2. The van der Waals surface area contributed by atoms with E-state index in [9.17, 15) is 9.90 Å². The van der Waals surface area contributed by atoms with Crippen LogP contribution in [-0.4, -0.2) is 48.6 Å². The number of hydrogen-bond donors (Lipinski definition) is 3. The summed E-state index contributed by atoms with van der Waals surface area (Å²) >= 11 is 0. The van der Waals surface area contributed by atoms with Crippen LogP contribution >= 0.6 is 24.8 Å². The predicted octanol–water partition coefficient (Wildman–Crippen LogP) is 3.69. The van der Waals surface area contributed by atoms with E-state index in [1.165, 1.54) is 19.3 Å². The summed E-state index contributed by atoms with van der Waals surface area (Å²) in [5.41, 5.74) is 7.04. The van der Waals surface area contributed by atoms with E-state index in [4.69, 9.17) is 5.73 Å². The number of β-amino-alcohol motifs (C(OH)–C–C–N with tert-alkyl or cyclic N) is 1. The van der Waals surface area contributed by atoms with Gasteiger partial charge in [-0.1, -0.05) is 49.6 Å². The number of benzene rings is 1. The van der Waals surface area contributed by atoms with Gasteiger partial charge in [-0.2, -0.15) is 0 Å². The number of carbonyl (C=O) groups excluding carboxylic acids is 1. The van der Waals surface area contributed by atoms with Gasteiger partial charge in [0.1, 0.15) is 0 Å². The summed E-state index contributed by atoms with van der Waals surface area (Å²) in [7, 11) is 0. The molecule has 0 bridgehead atoms. The first-order valence-electron chi connectivity index (χ1n) is 11.0. The number of nitrogens with zero attached hydrogens (tertiary/aromatic N) is 1. The topological polar surface area (TPSA) is 78.6 Å². The largest absolute Gasteiger partial charge is 0.387 e. The molecule has 5 nitrogen and oxygen atoms in total. The van der Waals surface area contributed by atoms with E-state index in [0.29, 0.717) is 25.4 Å². The Morgan fingerprint density at radius 2 is 1.77 bits per heavy atom. The smallest absolute Gasteiger partial charge is 0.220 e. The van der Waals surface area contributed by atoms with Crippen molar-refractivity contribution in [1.29, 1.82) is 0 Å². The lowest BCUT2D eigenvalue weighted by Crippen LogP contribution is -2.42. The molecule has 3 rings (SSSR count). The maximum Gasteiger partial charge on any atom is 0.220 e. The van der Waals surface area contributed by atoms with Gasteiger partial charge in [0.15, 0.2) is 0 Å². The van der Waals surface area contributed by atoms with Crippen LogP contribution in [0.15, 0.2) is 30.3 Å². The summed E-state index contributed by atoms with van der Waals surface area (Å²) in [5.74, 6) is 0.712. The highest BCUT2D eigenvalue weighted by Crippen LogP contribution is 2.38. The maximum absolute atomic E-state index is 12.5. The van der Waals surface area contributed by atoms with Crippen molar-refractivity contribution in [2.45, 2.75) is 57.5 Å². The summed E-state index contributed by atoms with van der Waals surface area (Å²) in [6, 6.07) is 9.87. The molecule has 1 aliphatic heterocycles. The highest BCUT2D eigenvalue weighted by molar-refractivity contribution is 5.85. The Bertz CT molecular complexity index is 604. The van der Waals surface area contributed by atoms with E-state index in [-0.39, 0.29) is 36.1 Å². The molecule has 1 aromatic rings. The van der Waals surface area contributed by atoms with Gasteiger partial charge in [-0.25, -0.2) is 0 Å². The lowest BCUT2D eigenvalue weighted by molar-refractivity contribution is -0.124. The number of piperidine rings is 1. The first-order valence-corrected chi connectivity index (χ1v) is 11.0. The first kappa shape index (κ1) is 27.2. The number of aliphatic hydroxyl groups is 1. The monoisotopic (exact) mass is 459 g/mol. The average Bonchev–Trinajstić information content (AvgIpc) is 2.74. The lowest BCUT2D eigenvalue weighted by atomic mass is 9.71. The summed E-state index contributed by atoms with van der Waals surface area (Å²) in [6.45, 7) is 4.05. The van der Waals surface area contributed by atoms with Gasteiger partial charge in [0, 0.05) is 19.5 Å². The zero-order chi connectivity index (χ0) is 19.8. The van der Waals surface area contributed by atoms with Crippen molar-refractivity contribution in [3.8, 4) is 0 Å². The van der Waals surface area contributed by atoms with Crippen LogP contribution < -0.4 is 11.1 Å². The third kappa shape index (κ3) is 8.01. The molecule has 4 N–H and O–H groups in total. The van der Waals surface area contributed by atoms with Crippen molar-refractivity contribution in [1.82, 2.24) is 10.2 Å². The van der Waals surface area contributed by atoms with E-state index in [0.717, 1.165) is 50.9 Å². The minimum atomic E-state index is -0.430. The van der Waals surface area contributed by atoms with Gasteiger partial charge < -0.3 is 21.1 Å². The molecule has 1 unspecified atom stereocenters. The number of hydrogen-bond acceptors (Lipinski definition) is 4. The SMILES string of the molecule is Cl.Cl.NCC1(CC(=O)NCC2CCN(CC(O)c3ccccc3)CC2)CCCCC1. The van der Waals surface area contributed by atoms with E-state index in [2.05, 4.69) is 10.2 Å². The minimum Gasteiger partial charge on any atom is -0.387 e. The second kappa shape index (κ2) is 13.5. The number of amides is 1. The second-order valence-electron chi connectivity index (χ2n) is 8.92. The van der Waals surface area contributed by atoms with Gasteiger partial charge in [-0.05, 0) is 62.2 Å². The van der Waals surface area contributed by atoms with Gasteiger partial charge in [-0.3, -0.25) is 4.79 Å². The molecule has 1 atom stereocenters. The molecule has 1 heterocycles. The van der Waals surface area contributed by atoms with Crippen molar-refractivity contribution in [2.75, 3.05) is 32.7 Å². The van der Waals surface area contributed by atoms with E-state index in [1.807, 2.05) is 30.3 Å². The van der Waals surface area contributed by atoms with Crippen LogP contribution in [0, 0.1) is 11.3 Å². The van der Waals surface area contributed by atoms with Crippen LogP contribution in [0.2, 0.25) is 0 Å². The molecule has 0 spiro atoms. The Labute approximate surface area is 194 Å². The van der Waals surface area contributed by atoms with Crippen LogP contribution in [0.3, 0.4) is 0 Å². The molecule has 2 aliphatic rings. The highest BCUT2D eigenvalue weighted by atomic mass is 35.5. The Hall–Kier alpha value is -0.850. The number of nitrogens with two attached hydrogens (primary N) is 1. The summed E-state index contributed by atoms with van der Waals surface area (Å²) in [4.78, 5) is 14.8. The van der Waals surface area contributed by atoms with Crippen molar-refractivity contribution >= 4 is 30.7 Å².